The Morgan fingerprint density at radius 1 is 1.11 bits per heavy atom. The van der Waals surface area contributed by atoms with E-state index in [4.69, 9.17) is 16.0 Å². The molecule has 2 heterocycles. The average Bonchev–Trinajstić information content (AvgIpc) is 3.29. The highest BCUT2D eigenvalue weighted by molar-refractivity contribution is 6.30. The van der Waals surface area contributed by atoms with Gasteiger partial charge in [0.2, 0.25) is 5.89 Å². The largest absolute Gasteiger partial charge is 0.434 e. The van der Waals surface area contributed by atoms with Crippen LogP contribution in [0, 0.1) is 17.1 Å². The minimum absolute atomic E-state index is 0.145. The lowest BCUT2D eigenvalue weighted by molar-refractivity contribution is 0.168. The monoisotopic (exact) mass is 532 g/mol. The summed E-state index contributed by atoms with van der Waals surface area (Å²) in [5.41, 5.74) is 2.09. The number of nitriles is 1. The maximum absolute atomic E-state index is 15.5. The normalized spacial score (nSPS) is 14.8. The summed E-state index contributed by atoms with van der Waals surface area (Å²) in [5, 5.41) is 16.1. The molecule has 1 N–H and O–H groups in total. The number of nitrogens with one attached hydrogen (secondary N) is 1. The molecule has 0 saturated heterocycles. The smallest absolute Gasteiger partial charge is 0.388 e. The summed E-state index contributed by atoms with van der Waals surface area (Å²) >= 11 is 6.14. The lowest BCUT2D eigenvalue weighted by Crippen LogP contribution is -2.40. The minimum atomic E-state index is -1.70. The van der Waals surface area contributed by atoms with Crippen molar-refractivity contribution < 1.29 is 13.2 Å². The Hall–Kier alpha value is -4.22. The molecule has 9 heteroatoms. The Morgan fingerprint density at radius 2 is 1.84 bits per heavy atom. The van der Waals surface area contributed by atoms with Crippen LogP contribution in [0.25, 0.3) is 11.5 Å². The van der Waals surface area contributed by atoms with E-state index < -0.39 is 23.2 Å². The molecule has 0 spiro atoms. The number of rotatable bonds is 7. The summed E-state index contributed by atoms with van der Waals surface area (Å²) in [4.78, 5) is 13.5. The van der Waals surface area contributed by atoms with Gasteiger partial charge >= 0.3 is 5.76 Å². The number of aromatic amines is 1. The van der Waals surface area contributed by atoms with Crippen LogP contribution >= 0.6 is 11.6 Å². The number of nitrogens with zero attached hydrogens (tertiary/aromatic N) is 3. The Morgan fingerprint density at radius 3 is 2.47 bits per heavy atom. The fraction of sp³-hybridized carbons (Fsp3) is 0.207. The van der Waals surface area contributed by atoms with E-state index in [9.17, 15) is 14.4 Å². The lowest BCUT2D eigenvalue weighted by Gasteiger charge is -2.44. The third kappa shape index (κ3) is 5.11. The van der Waals surface area contributed by atoms with Gasteiger partial charge in [0.05, 0.1) is 17.7 Å². The highest BCUT2D eigenvalue weighted by atomic mass is 35.5. The van der Waals surface area contributed by atoms with Gasteiger partial charge in [0.1, 0.15) is 11.5 Å². The highest BCUT2D eigenvalue weighted by Crippen LogP contribution is 2.45. The van der Waals surface area contributed by atoms with Crippen LogP contribution in [0.5, 0.6) is 0 Å². The molecule has 1 aliphatic heterocycles. The van der Waals surface area contributed by atoms with Crippen LogP contribution in [-0.4, -0.2) is 27.3 Å². The van der Waals surface area contributed by atoms with E-state index in [-0.39, 0.29) is 17.5 Å². The average molecular weight is 533 g/mol. The summed E-state index contributed by atoms with van der Waals surface area (Å²) in [5.74, 6) is -1.79. The van der Waals surface area contributed by atoms with Gasteiger partial charge in [-0.2, -0.15) is 5.26 Å². The molecule has 0 unspecified atom stereocenters. The molecule has 2 atom stereocenters. The number of halogens is 3. The zero-order chi connectivity index (χ0) is 27.0. The summed E-state index contributed by atoms with van der Waals surface area (Å²) in [6.07, 6.45) is 1.88. The van der Waals surface area contributed by atoms with Crippen LogP contribution in [0.4, 0.5) is 8.78 Å². The second-order valence-electron chi connectivity index (χ2n) is 9.76. The van der Waals surface area contributed by atoms with E-state index >= 15 is 4.39 Å². The maximum atomic E-state index is 15.5. The maximum Gasteiger partial charge on any atom is 0.434 e. The van der Waals surface area contributed by atoms with Crippen molar-refractivity contribution in [3.63, 3.8) is 0 Å². The van der Waals surface area contributed by atoms with E-state index in [0.717, 1.165) is 22.8 Å². The first kappa shape index (κ1) is 25.4. The first-order chi connectivity index (χ1) is 18.1. The fourth-order valence-corrected chi connectivity index (χ4v) is 5.17. The molecule has 1 aromatic heterocycles. The summed E-state index contributed by atoms with van der Waals surface area (Å²) in [6.45, 7) is 3.32. The van der Waals surface area contributed by atoms with Crippen LogP contribution in [0.2, 0.25) is 5.02 Å². The molecule has 38 heavy (non-hydrogen) atoms. The summed E-state index contributed by atoms with van der Waals surface area (Å²) in [7, 11) is 0. The molecule has 4 aromatic rings. The van der Waals surface area contributed by atoms with Gasteiger partial charge in [-0.05, 0) is 78.6 Å². The standard InChI is InChI=1S/C29H23ClF2N4O2/c1-29(2,32)25(21-10-17(14-33)11-24(31)13-21)22-15-36(16-22)26(18-6-8-23(30)9-7-18)19-4-3-5-20(12-19)27-34-35-28(37)38-27/h3-13,15,25-26H,16H2,1-2H3,(H,35,37)/t25-,26-/m0/s1. The molecule has 1 aliphatic rings. The van der Waals surface area contributed by atoms with Crippen molar-refractivity contribution >= 4 is 11.6 Å². The molecule has 5 rings (SSSR count). The van der Waals surface area contributed by atoms with Gasteiger partial charge in [-0.3, -0.25) is 0 Å². The van der Waals surface area contributed by atoms with Crippen molar-refractivity contribution in [1.29, 1.82) is 5.26 Å². The lowest BCUT2D eigenvalue weighted by atomic mass is 9.77. The van der Waals surface area contributed by atoms with Crippen molar-refractivity contribution in [3.8, 4) is 17.5 Å². The molecule has 6 nitrogen and oxygen atoms in total. The highest BCUT2D eigenvalue weighted by Gasteiger charge is 2.39. The van der Waals surface area contributed by atoms with Crippen LogP contribution in [0.3, 0.4) is 0 Å². The number of benzene rings is 3. The SMILES string of the molecule is CC(C)(F)[C@H](C1=CN([C@@H](c2ccc(Cl)cc2)c2cccc(-c3n[nH]c(=O)o3)c2)C1)c1cc(F)cc(C#N)c1. The molecule has 3 aromatic carbocycles. The molecule has 0 aliphatic carbocycles. The number of hydrogen-bond donors (Lipinski definition) is 1. The third-order valence-electron chi connectivity index (χ3n) is 6.54. The van der Waals surface area contributed by atoms with Crippen LogP contribution < -0.4 is 5.76 Å². The van der Waals surface area contributed by atoms with E-state index in [1.807, 2.05) is 42.6 Å². The van der Waals surface area contributed by atoms with E-state index in [1.54, 1.807) is 18.2 Å². The van der Waals surface area contributed by atoms with Crippen LogP contribution in [0.1, 0.15) is 48.1 Å². The van der Waals surface area contributed by atoms with Crippen molar-refractivity contribution in [2.24, 2.45) is 0 Å². The van der Waals surface area contributed by atoms with Crippen molar-refractivity contribution in [1.82, 2.24) is 15.1 Å². The molecule has 0 saturated carbocycles. The minimum Gasteiger partial charge on any atom is -0.388 e. The van der Waals surface area contributed by atoms with Crippen molar-refractivity contribution in [2.75, 3.05) is 6.54 Å². The second-order valence-corrected chi connectivity index (χ2v) is 10.2. The Bertz CT molecular complexity index is 1610. The quantitative estimate of drug-likeness (QED) is 0.293. The molecular formula is C29H23ClF2N4O2. The predicted molar refractivity (Wildman–Crippen MR) is 140 cm³/mol. The van der Waals surface area contributed by atoms with Crippen LogP contribution in [-0.2, 0) is 0 Å². The Labute approximate surface area is 222 Å². The number of alkyl halides is 1. The van der Waals surface area contributed by atoms with E-state index in [2.05, 4.69) is 15.1 Å². The number of hydrogen-bond acceptors (Lipinski definition) is 5. The molecular weight excluding hydrogens is 510 g/mol. The van der Waals surface area contributed by atoms with Gasteiger partial charge in [0.25, 0.3) is 0 Å². The van der Waals surface area contributed by atoms with Gasteiger partial charge in [-0.1, -0.05) is 35.9 Å². The Balaban J connectivity index is 1.55. The van der Waals surface area contributed by atoms with Crippen LogP contribution in [0.15, 0.2) is 87.7 Å². The zero-order valence-corrected chi connectivity index (χ0v) is 21.3. The van der Waals surface area contributed by atoms with Crippen molar-refractivity contribution in [3.05, 3.63) is 122 Å². The second kappa shape index (κ2) is 9.92. The molecule has 0 radical (unpaired) electrons. The van der Waals surface area contributed by atoms with Gasteiger partial charge in [-0.25, -0.2) is 18.7 Å². The van der Waals surface area contributed by atoms with Gasteiger partial charge in [0, 0.05) is 29.2 Å². The summed E-state index contributed by atoms with van der Waals surface area (Å²) in [6, 6.07) is 20.5. The first-order valence-corrected chi connectivity index (χ1v) is 12.3. The fourth-order valence-electron chi connectivity index (χ4n) is 5.04. The molecule has 0 fully saturated rings. The third-order valence-corrected chi connectivity index (χ3v) is 6.79. The van der Waals surface area contributed by atoms with Gasteiger partial charge < -0.3 is 9.32 Å². The topological polar surface area (TPSA) is 85.9 Å². The summed E-state index contributed by atoms with van der Waals surface area (Å²) < 4.78 is 34.9. The number of aromatic nitrogens is 2. The van der Waals surface area contributed by atoms with E-state index in [1.165, 1.54) is 26.0 Å². The first-order valence-electron chi connectivity index (χ1n) is 11.9. The zero-order valence-electron chi connectivity index (χ0n) is 20.6. The van der Waals surface area contributed by atoms with Gasteiger partial charge in [0.15, 0.2) is 0 Å². The predicted octanol–water partition coefficient (Wildman–Crippen LogP) is 6.51. The molecule has 0 bridgehead atoms. The van der Waals surface area contributed by atoms with E-state index in [0.29, 0.717) is 22.7 Å². The molecule has 192 valence electrons. The Kier molecular flexibility index (Phi) is 6.64. The van der Waals surface area contributed by atoms with Gasteiger partial charge in [-0.15, -0.1) is 5.10 Å². The van der Waals surface area contributed by atoms with Crippen molar-refractivity contribution in [2.45, 2.75) is 31.5 Å². The molecule has 0 amide bonds. The number of H-pyrrole nitrogens is 1.